The van der Waals surface area contributed by atoms with E-state index in [-0.39, 0.29) is 17.5 Å². The Morgan fingerprint density at radius 1 is 1.04 bits per heavy atom. The number of urea groups is 1. The maximum Gasteiger partial charge on any atom is 0.375 e. The Balaban J connectivity index is 2.14. The minimum atomic E-state index is -1.20. The lowest BCUT2D eigenvalue weighted by Gasteiger charge is -2.19. The standard InChI is InChI=1S/C19H20N2O6/c1-10(2)16(17(23)21-19(20)25)27-18(24)15-9-8-14(26-15)13-6-4-12(5-7-13)11(3)22/h4-10,16H,1-3H3,(H3,20,21,23,25)/t16-/m0/s1. The van der Waals surface area contributed by atoms with E-state index in [2.05, 4.69) is 0 Å². The molecule has 2 aromatic rings. The Kier molecular flexibility index (Phi) is 6.12. The molecule has 1 aromatic heterocycles. The van der Waals surface area contributed by atoms with E-state index in [1.54, 1.807) is 44.2 Å². The molecule has 0 bridgehead atoms. The van der Waals surface area contributed by atoms with Gasteiger partial charge in [0.05, 0.1) is 0 Å². The molecule has 8 nitrogen and oxygen atoms in total. The second kappa shape index (κ2) is 8.31. The third-order valence-electron chi connectivity index (χ3n) is 3.73. The largest absolute Gasteiger partial charge is 0.449 e. The first-order chi connectivity index (χ1) is 12.7. The number of ketones is 1. The van der Waals surface area contributed by atoms with Crippen LogP contribution in [-0.2, 0) is 9.53 Å². The van der Waals surface area contributed by atoms with Gasteiger partial charge >= 0.3 is 12.0 Å². The molecule has 0 radical (unpaired) electrons. The number of nitrogens with one attached hydrogen (secondary N) is 1. The van der Waals surface area contributed by atoms with E-state index < -0.39 is 24.0 Å². The zero-order valence-corrected chi connectivity index (χ0v) is 15.1. The summed E-state index contributed by atoms with van der Waals surface area (Å²) in [6, 6.07) is 8.66. The van der Waals surface area contributed by atoms with E-state index in [1.807, 2.05) is 5.32 Å². The highest BCUT2D eigenvalue weighted by atomic mass is 16.6. The molecule has 142 valence electrons. The summed E-state index contributed by atoms with van der Waals surface area (Å²) in [5, 5.41) is 1.89. The zero-order chi connectivity index (χ0) is 20.1. The van der Waals surface area contributed by atoms with Gasteiger partial charge in [0.2, 0.25) is 5.76 Å². The fraction of sp³-hybridized carbons (Fsp3) is 0.263. The lowest BCUT2D eigenvalue weighted by Crippen LogP contribution is -2.45. The number of carbonyl (C=O) groups is 4. The maximum atomic E-state index is 12.3. The van der Waals surface area contributed by atoms with Gasteiger partial charge in [-0.1, -0.05) is 38.1 Å². The lowest BCUT2D eigenvalue weighted by atomic mass is 10.1. The summed E-state index contributed by atoms with van der Waals surface area (Å²) in [6.07, 6.45) is -1.20. The Morgan fingerprint density at radius 2 is 1.67 bits per heavy atom. The first-order valence-electron chi connectivity index (χ1n) is 8.21. The highest BCUT2D eigenvalue weighted by Gasteiger charge is 2.29. The van der Waals surface area contributed by atoms with Crippen molar-refractivity contribution in [1.82, 2.24) is 5.32 Å². The van der Waals surface area contributed by atoms with Crippen LogP contribution < -0.4 is 11.1 Å². The fourth-order valence-electron chi connectivity index (χ4n) is 2.33. The van der Waals surface area contributed by atoms with Crippen LogP contribution in [0.15, 0.2) is 40.8 Å². The summed E-state index contributed by atoms with van der Waals surface area (Å²) >= 11 is 0. The van der Waals surface area contributed by atoms with Crippen LogP contribution in [0.5, 0.6) is 0 Å². The normalized spacial score (nSPS) is 11.7. The van der Waals surface area contributed by atoms with Crippen LogP contribution >= 0.6 is 0 Å². The Morgan fingerprint density at radius 3 is 2.19 bits per heavy atom. The van der Waals surface area contributed by atoms with Crippen LogP contribution in [0.2, 0.25) is 0 Å². The number of carbonyl (C=O) groups excluding carboxylic acids is 4. The Labute approximate surface area is 155 Å². The summed E-state index contributed by atoms with van der Waals surface area (Å²) in [4.78, 5) is 46.4. The van der Waals surface area contributed by atoms with Gasteiger partial charge in [-0.15, -0.1) is 0 Å². The van der Waals surface area contributed by atoms with E-state index in [4.69, 9.17) is 14.9 Å². The first kappa shape index (κ1) is 19.9. The second-order valence-corrected chi connectivity index (χ2v) is 6.22. The predicted octanol–water partition coefficient (Wildman–Crippen LogP) is 2.53. The van der Waals surface area contributed by atoms with Crippen LogP contribution in [0.4, 0.5) is 4.79 Å². The molecule has 0 saturated carbocycles. The van der Waals surface area contributed by atoms with Gasteiger partial charge in [0.15, 0.2) is 11.9 Å². The number of imide groups is 1. The van der Waals surface area contributed by atoms with Gasteiger partial charge in [-0.05, 0) is 25.0 Å². The molecule has 1 heterocycles. The van der Waals surface area contributed by atoms with Crippen molar-refractivity contribution >= 4 is 23.7 Å². The number of nitrogens with two attached hydrogens (primary N) is 1. The molecule has 1 aromatic carbocycles. The summed E-state index contributed by atoms with van der Waals surface area (Å²) < 4.78 is 10.7. The Bertz CT molecular complexity index is 867. The monoisotopic (exact) mass is 372 g/mol. The van der Waals surface area contributed by atoms with E-state index >= 15 is 0 Å². The minimum absolute atomic E-state index is 0.0563. The average molecular weight is 372 g/mol. The molecular weight excluding hydrogens is 352 g/mol. The molecule has 0 aliphatic heterocycles. The number of primary amides is 1. The number of Topliss-reactive ketones (excluding diaryl/α,β-unsaturated/α-hetero) is 1. The van der Waals surface area contributed by atoms with Crippen LogP contribution in [-0.4, -0.2) is 29.8 Å². The van der Waals surface area contributed by atoms with Crippen molar-refractivity contribution in [2.75, 3.05) is 0 Å². The van der Waals surface area contributed by atoms with E-state index in [9.17, 15) is 19.2 Å². The number of hydrogen-bond donors (Lipinski definition) is 2. The second-order valence-electron chi connectivity index (χ2n) is 6.22. The van der Waals surface area contributed by atoms with Gasteiger partial charge in [0.25, 0.3) is 5.91 Å². The van der Waals surface area contributed by atoms with Crippen molar-refractivity contribution in [1.29, 1.82) is 0 Å². The lowest BCUT2D eigenvalue weighted by molar-refractivity contribution is -0.131. The van der Waals surface area contributed by atoms with Crippen LogP contribution in [0.25, 0.3) is 11.3 Å². The summed E-state index contributed by atoms with van der Waals surface area (Å²) in [6.45, 7) is 4.78. The van der Waals surface area contributed by atoms with Gasteiger partial charge in [0.1, 0.15) is 5.76 Å². The Hall–Kier alpha value is -3.42. The number of ether oxygens (including phenoxy) is 1. The molecule has 2 rings (SSSR count). The van der Waals surface area contributed by atoms with Crippen LogP contribution in [0.3, 0.4) is 0 Å². The highest BCUT2D eigenvalue weighted by Crippen LogP contribution is 2.24. The summed E-state index contributed by atoms with van der Waals surface area (Å²) in [5.41, 5.74) is 6.15. The highest BCUT2D eigenvalue weighted by molar-refractivity contribution is 5.98. The molecule has 0 spiro atoms. The SMILES string of the molecule is CC(=O)c1ccc(-c2ccc(C(=O)O[C@H](C(=O)NC(N)=O)C(C)C)o2)cc1. The van der Waals surface area contributed by atoms with Crippen molar-refractivity contribution in [2.45, 2.75) is 26.9 Å². The molecule has 3 N–H and O–H groups in total. The first-order valence-corrected chi connectivity index (χ1v) is 8.21. The molecule has 0 aliphatic rings. The molecule has 3 amide bonds. The molecule has 0 saturated heterocycles. The zero-order valence-electron chi connectivity index (χ0n) is 15.1. The van der Waals surface area contributed by atoms with Gasteiger partial charge < -0.3 is 14.9 Å². The van der Waals surface area contributed by atoms with Crippen molar-refractivity contribution in [3.8, 4) is 11.3 Å². The molecule has 1 atom stereocenters. The summed E-state index contributed by atoms with van der Waals surface area (Å²) in [7, 11) is 0. The molecule has 0 unspecified atom stereocenters. The number of rotatable bonds is 6. The number of amides is 3. The van der Waals surface area contributed by atoms with Crippen molar-refractivity contribution in [3.05, 3.63) is 47.7 Å². The van der Waals surface area contributed by atoms with Crippen molar-refractivity contribution in [2.24, 2.45) is 11.7 Å². The van der Waals surface area contributed by atoms with E-state index in [0.29, 0.717) is 16.9 Å². The van der Waals surface area contributed by atoms with Crippen molar-refractivity contribution in [3.63, 3.8) is 0 Å². The van der Waals surface area contributed by atoms with Gasteiger partial charge in [-0.2, -0.15) is 0 Å². The number of hydrogen-bond acceptors (Lipinski definition) is 6. The smallest absolute Gasteiger partial charge is 0.375 e. The molecule has 0 aliphatic carbocycles. The van der Waals surface area contributed by atoms with Gasteiger partial charge in [-0.3, -0.25) is 14.9 Å². The fourth-order valence-corrected chi connectivity index (χ4v) is 2.33. The van der Waals surface area contributed by atoms with Crippen LogP contribution in [0, 0.1) is 5.92 Å². The van der Waals surface area contributed by atoms with Gasteiger partial charge in [0, 0.05) is 11.1 Å². The topological polar surface area (TPSA) is 129 Å². The quantitative estimate of drug-likeness (QED) is 0.592. The maximum absolute atomic E-state index is 12.3. The third-order valence-corrected chi connectivity index (χ3v) is 3.73. The van der Waals surface area contributed by atoms with Crippen LogP contribution in [0.1, 0.15) is 41.7 Å². The van der Waals surface area contributed by atoms with Crippen molar-refractivity contribution < 1.29 is 28.3 Å². The summed E-state index contributed by atoms with van der Waals surface area (Å²) in [5.74, 6) is -1.80. The van der Waals surface area contributed by atoms with E-state index in [0.717, 1.165) is 0 Å². The molecule has 8 heteroatoms. The number of esters is 1. The molecular formula is C19H20N2O6. The third kappa shape index (κ3) is 5.04. The predicted molar refractivity (Wildman–Crippen MR) is 95.9 cm³/mol. The van der Waals surface area contributed by atoms with Gasteiger partial charge in [-0.25, -0.2) is 9.59 Å². The van der Waals surface area contributed by atoms with E-state index in [1.165, 1.54) is 13.0 Å². The average Bonchev–Trinajstić information content (AvgIpc) is 3.08. The molecule has 27 heavy (non-hydrogen) atoms. The molecule has 0 fully saturated rings. The number of furan rings is 1. The minimum Gasteiger partial charge on any atom is -0.449 e. The number of benzene rings is 1.